The van der Waals surface area contributed by atoms with Gasteiger partial charge in [-0.05, 0) is 19.1 Å². The Labute approximate surface area is 142 Å². The molecule has 1 N–H and O–H groups in total. The van der Waals surface area contributed by atoms with Crippen molar-refractivity contribution in [2.75, 3.05) is 0 Å². The van der Waals surface area contributed by atoms with Gasteiger partial charge in [0.05, 0.1) is 28.2 Å². The van der Waals surface area contributed by atoms with Crippen LogP contribution in [0, 0.1) is 6.92 Å². The number of rotatable bonds is 5. The molecule has 0 spiro atoms. The van der Waals surface area contributed by atoms with Crippen LogP contribution in [0.4, 0.5) is 0 Å². The summed E-state index contributed by atoms with van der Waals surface area (Å²) in [6, 6.07) is 3.52. The lowest BCUT2D eigenvalue weighted by atomic mass is 10.2. The minimum absolute atomic E-state index is 0.148. The molecular formula is C16H18N4O3S. The van der Waals surface area contributed by atoms with E-state index in [1.165, 1.54) is 16.0 Å². The van der Waals surface area contributed by atoms with Gasteiger partial charge in [0.15, 0.2) is 5.52 Å². The average Bonchev–Trinajstić information content (AvgIpc) is 3.19. The number of nitrogens with one attached hydrogen (secondary N) is 1. The number of nitrogens with zero attached hydrogens (tertiary/aromatic N) is 3. The van der Waals surface area contributed by atoms with Gasteiger partial charge < -0.3 is 9.73 Å². The molecule has 3 rings (SSSR count). The summed E-state index contributed by atoms with van der Waals surface area (Å²) in [5.74, 6) is 0.585. The first kappa shape index (κ1) is 16.4. The minimum atomic E-state index is -0.341. The van der Waals surface area contributed by atoms with E-state index in [9.17, 15) is 9.59 Å². The lowest BCUT2D eigenvalue weighted by Crippen LogP contribution is -2.33. The fraction of sp³-hybridized carbons (Fsp3) is 0.375. The fourth-order valence-corrected chi connectivity index (χ4v) is 3.27. The number of amides is 1. The van der Waals surface area contributed by atoms with Gasteiger partial charge >= 0.3 is 0 Å². The van der Waals surface area contributed by atoms with Gasteiger partial charge in [0, 0.05) is 5.92 Å². The van der Waals surface area contributed by atoms with E-state index in [1.807, 2.05) is 20.8 Å². The Morgan fingerprint density at radius 1 is 1.46 bits per heavy atom. The Hall–Kier alpha value is -2.48. The smallest absolute Gasteiger partial charge is 0.294 e. The van der Waals surface area contributed by atoms with Gasteiger partial charge in [0.2, 0.25) is 5.91 Å². The van der Waals surface area contributed by atoms with E-state index in [1.54, 1.807) is 18.4 Å². The summed E-state index contributed by atoms with van der Waals surface area (Å²) in [6.07, 6.45) is 1.54. The van der Waals surface area contributed by atoms with Gasteiger partial charge in [0.25, 0.3) is 5.56 Å². The van der Waals surface area contributed by atoms with Gasteiger partial charge in [-0.2, -0.15) is 5.10 Å². The molecule has 0 aliphatic rings. The molecule has 7 nitrogen and oxygen atoms in total. The first-order valence-electron chi connectivity index (χ1n) is 7.63. The van der Waals surface area contributed by atoms with E-state index >= 15 is 0 Å². The third-order valence-electron chi connectivity index (χ3n) is 3.51. The highest BCUT2D eigenvalue weighted by Gasteiger charge is 2.16. The number of carbonyl (C=O) groups excluding carboxylic acids is 1. The largest absolute Gasteiger partial charge is 0.467 e. The number of hydrogen-bond acceptors (Lipinski definition) is 6. The predicted octanol–water partition coefficient (Wildman–Crippen LogP) is 2.19. The SMILES string of the molecule is Cc1nn(CC(=O)NCc2ccco2)c(=O)c2nc(C(C)C)sc12. The normalized spacial score (nSPS) is 11.3. The number of carbonyl (C=O) groups is 1. The molecule has 0 atom stereocenters. The quantitative estimate of drug-likeness (QED) is 0.765. The molecule has 8 heteroatoms. The standard InChI is InChI=1S/C16H18N4O3S/c1-9(2)15-18-13-14(24-15)10(3)19-20(16(13)22)8-12(21)17-7-11-5-4-6-23-11/h4-6,9H,7-8H2,1-3H3,(H,17,21). The van der Waals surface area contributed by atoms with Crippen molar-refractivity contribution in [1.29, 1.82) is 0 Å². The van der Waals surface area contributed by atoms with Crippen molar-refractivity contribution in [2.24, 2.45) is 0 Å². The lowest BCUT2D eigenvalue weighted by molar-refractivity contribution is -0.122. The van der Waals surface area contributed by atoms with Crippen molar-refractivity contribution in [3.63, 3.8) is 0 Å². The Morgan fingerprint density at radius 2 is 2.25 bits per heavy atom. The zero-order valence-corrected chi connectivity index (χ0v) is 14.5. The van der Waals surface area contributed by atoms with Crippen LogP contribution in [0.1, 0.15) is 36.2 Å². The summed E-state index contributed by atoms with van der Waals surface area (Å²) < 4.78 is 7.11. The molecule has 0 aliphatic heterocycles. The molecule has 0 fully saturated rings. The van der Waals surface area contributed by atoms with E-state index < -0.39 is 0 Å². The number of aryl methyl sites for hydroxylation is 1. The second kappa shape index (κ2) is 6.56. The van der Waals surface area contributed by atoms with Crippen LogP contribution in [-0.4, -0.2) is 20.7 Å². The maximum absolute atomic E-state index is 12.5. The summed E-state index contributed by atoms with van der Waals surface area (Å²) in [5, 5.41) is 7.85. The van der Waals surface area contributed by atoms with E-state index in [-0.39, 0.29) is 30.5 Å². The Bertz CT molecular complexity index is 925. The van der Waals surface area contributed by atoms with Crippen LogP contribution in [0.2, 0.25) is 0 Å². The summed E-state index contributed by atoms with van der Waals surface area (Å²) in [5.41, 5.74) is 0.745. The van der Waals surface area contributed by atoms with E-state index in [0.717, 1.165) is 9.71 Å². The summed E-state index contributed by atoms with van der Waals surface area (Å²) >= 11 is 1.48. The molecule has 0 bridgehead atoms. The molecule has 24 heavy (non-hydrogen) atoms. The molecule has 3 heterocycles. The molecule has 126 valence electrons. The number of fused-ring (bicyclic) bond motifs is 1. The van der Waals surface area contributed by atoms with Crippen molar-refractivity contribution in [3.05, 3.63) is 45.2 Å². The highest BCUT2D eigenvalue weighted by atomic mass is 32.1. The zero-order chi connectivity index (χ0) is 17.3. The molecule has 0 saturated heterocycles. The fourth-order valence-electron chi connectivity index (χ4n) is 2.27. The molecule has 0 aromatic carbocycles. The highest BCUT2D eigenvalue weighted by molar-refractivity contribution is 7.18. The van der Waals surface area contributed by atoms with Crippen molar-refractivity contribution in [1.82, 2.24) is 20.1 Å². The zero-order valence-electron chi connectivity index (χ0n) is 13.7. The highest BCUT2D eigenvalue weighted by Crippen LogP contribution is 2.26. The molecule has 3 aromatic heterocycles. The predicted molar refractivity (Wildman–Crippen MR) is 91.1 cm³/mol. The van der Waals surface area contributed by atoms with E-state index in [4.69, 9.17) is 4.42 Å². The monoisotopic (exact) mass is 346 g/mol. The van der Waals surface area contributed by atoms with Crippen LogP contribution < -0.4 is 10.9 Å². The third kappa shape index (κ3) is 3.23. The second-order valence-corrected chi connectivity index (χ2v) is 6.82. The Kier molecular flexibility index (Phi) is 4.48. The number of hydrogen-bond donors (Lipinski definition) is 1. The van der Waals surface area contributed by atoms with Gasteiger partial charge in [-0.1, -0.05) is 13.8 Å². The van der Waals surface area contributed by atoms with Crippen molar-refractivity contribution in [3.8, 4) is 0 Å². The Balaban J connectivity index is 1.82. The number of furan rings is 1. The van der Waals surface area contributed by atoms with Crippen molar-refractivity contribution >= 4 is 27.5 Å². The van der Waals surface area contributed by atoms with Crippen LogP contribution in [-0.2, 0) is 17.9 Å². The van der Waals surface area contributed by atoms with Crippen molar-refractivity contribution < 1.29 is 9.21 Å². The molecule has 3 aromatic rings. The molecule has 0 aliphatic carbocycles. The average molecular weight is 346 g/mol. The molecule has 0 unspecified atom stereocenters. The van der Waals surface area contributed by atoms with E-state index in [0.29, 0.717) is 17.0 Å². The lowest BCUT2D eigenvalue weighted by Gasteiger charge is -2.06. The maximum atomic E-state index is 12.5. The summed E-state index contributed by atoms with van der Waals surface area (Å²) in [6.45, 7) is 6.00. The second-order valence-electron chi connectivity index (χ2n) is 5.79. The topological polar surface area (TPSA) is 90.0 Å². The van der Waals surface area contributed by atoms with Crippen LogP contribution >= 0.6 is 11.3 Å². The van der Waals surface area contributed by atoms with Crippen LogP contribution in [0.25, 0.3) is 10.2 Å². The number of aromatic nitrogens is 3. The third-order valence-corrected chi connectivity index (χ3v) is 4.97. The summed E-state index contributed by atoms with van der Waals surface area (Å²) in [4.78, 5) is 29.0. The van der Waals surface area contributed by atoms with Gasteiger partial charge in [0.1, 0.15) is 12.3 Å². The molecule has 1 amide bonds. The minimum Gasteiger partial charge on any atom is -0.467 e. The first-order valence-corrected chi connectivity index (χ1v) is 8.44. The van der Waals surface area contributed by atoms with Gasteiger partial charge in [-0.3, -0.25) is 9.59 Å². The van der Waals surface area contributed by atoms with Gasteiger partial charge in [-0.25, -0.2) is 9.67 Å². The van der Waals surface area contributed by atoms with Gasteiger partial charge in [-0.15, -0.1) is 11.3 Å². The number of thiazole rings is 1. The molecule has 0 saturated carbocycles. The van der Waals surface area contributed by atoms with Crippen LogP contribution in [0.15, 0.2) is 27.6 Å². The maximum Gasteiger partial charge on any atom is 0.294 e. The Morgan fingerprint density at radius 3 is 2.92 bits per heavy atom. The first-order chi connectivity index (χ1) is 11.5. The van der Waals surface area contributed by atoms with E-state index in [2.05, 4.69) is 15.4 Å². The van der Waals surface area contributed by atoms with Crippen molar-refractivity contribution in [2.45, 2.75) is 39.8 Å². The molecular weight excluding hydrogens is 328 g/mol. The van der Waals surface area contributed by atoms with Crippen LogP contribution in [0.5, 0.6) is 0 Å². The molecule has 0 radical (unpaired) electrons. The summed E-state index contributed by atoms with van der Waals surface area (Å²) in [7, 11) is 0. The van der Waals surface area contributed by atoms with Crippen LogP contribution in [0.3, 0.4) is 0 Å².